The number of allylic oxidation sites excluding steroid dienone is 3. The van der Waals surface area contributed by atoms with E-state index in [1.54, 1.807) is 6.07 Å². The first-order chi connectivity index (χ1) is 9.81. The van der Waals surface area contributed by atoms with Crippen LogP contribution in [0.3, 0.4) is 0 Å². The molecule has 0 bridgehead atoms. The quantitative estimate of drug-likeness (QED) is 0.731. The average Bonchev–Trinajstić information content (AvgIpc) is 2.48. The average molecular weight is 266 g/mol. The van der Waals surface area contributed by atoms with Crippen LogP contribution in [0, 0.1) is 5.92 Å². The molecule has 0 aromatic heterocycles. The Labute approximate surface area is 118 Å². The molecule has 4 atom stereocenters. The standard InChI is InChI=1S/C17H18N2O/c20-13-7-1-6-12(10-13)17-18-14-8-2-4-11-5-3-9-15(19-17)16(11)14/h1-8,10,14-20H,9H2. The predicted octanol–water partition coefficient (Wildman–Crippen LogP) is 2.39. The van der Waals surface area contributed by atoms with E-state index in [9.17, 15) is 5.11 Å². The SMILES string of the molecule is Oc1cccc(C2NC3C=CC=C4C=CCC(N2)C43)c1. The van der Waals surface area contributed by atoms with Crippen molar-refractivity contribution in [2.45, 2.75) is 24.7 Å². The molecule has 0 radical (unpaired) electrons. The minimum Gasteiger partial charge on any atom is -0.508 e. The Balaban J connectivity index is 1.66. The molecule has 3 aliphatic rings. The second-order valence-electron chi connectivity index (χ2n) is 5.71. The third kappa shape index (κ3) is 1.90. The predicted molar refractivity (Wildman–Crippen MR) is 79.2 cm³/mol. The molecule has 0 spiro atoms. The van der Waals surface area contributed by atoms with E-state index in [0.717, 1.165) is 12.0 Å². The van der Waals surface area contributed by atoms with E-state index >= 15 is 0 Å². The Morgan fingerprint density at radius 2 is 2.15 bits per heavy atom. The van der Waals surface area contributed by atoms with Crippen LogP contribution in [-0.4, -0.2) is 17.2 Å². The third-order valence-corrected chi connectivity index (χ3v) is 4.46. The van der Waals surface area contributed by atoms with Crippen LogP contribution in [-0.2, 0) is 0 Å². The van der Waals surface area contributed by atoms with Crippen molar-refractivity contribution >= 4 is 0 Å². The fourth-order valence-electron chi connectivity index (χ4n) is 3.55. The number of benzene rings is 1. The molecule has 3 N–H and O–H groups in total. The maximum atomic E-state index is 9.66. The smallest absolute Gasteiger partial charge is 0.115 e. The van der Waals surface area contributed by atoms with Gasteiger partial charge in [0, 0.05) is 18.0 Å². The summed E-state index contributed by atoms with van der Waals surface area (Å²) in [5.74, 6) is 0.829. The Hall–Kier alpha value is -1.84. The Kier molecular flexibility index (Phi) is 2.76. The molecule has 102 valence electrons. The van der Waals surface area contributed by atoms with Crippen molar-refractivity contribution in [1.82, 2.24) is 10.6 Å². The largest absolute Gasteiger partial charge is 0.508 e. The summed E-state index contributed by atoms with van der Waals surface area (Å²) in [6.45, 7) is 0. The van der Waals surface area contributed by atoms with E-state index in [0.29, 0.717) is 23.8 Å². The lowest BCUT2D eigenvalue weighted by molar-refractivity contribution is 0.207. The lowest BCUT2D eigenvalue weighted by Gasteiger charge is -2.46. The van der Waals surface area contributed by atoms with Gasteiger partial charge in [-0.15, -0.1) is 0 Å². The minimum atomic E-state index is 0.0869. The van der Waals surface area contributed by atoms with Gasteiger partial charge in [-0.3, -0.25) is 10.6 Å². The van der Waals surface area contributed by atoms with Crippen molar-refractivity contribution in [3.05, 3.63) is 65.8 Å². The van der Waals surface area contributed by atoms with Crippen LogP contribution in [0.15, 0.2) is 60.2 Å². The molecule has 3 nitrogen and oxygen atoms in total. The Morgan fingerprint density at radius 1 is 1.20 bits per heavy atom. The fourth-order valence-corrected chi connectivity index (χ4v) is 3.55. The van der Waals surface area contributed by atoms with Gasteiger partial charge in [-0.05, 0) is 29.7 Å². The Morgan fingerprint density at radius 3 is 3.05 bits per heavy atom. The molecule has 1 aromatic carbocycles. The third-order valence-electron chi connectivity index (χ3n) is 4.46. The number of hydrogen-bond donors (Lipinski definition) is 3. The molecular weight excluding hydrogens is 248 g/mol. The van der Waals surface area contributed by atoms with Crippen molar-refractivity contribution < 1.29 is 5.11 Å². The molecule has 0 amide bonds. The molecule has 1 heterocycles. The maximum Gasteiger partial charge on any atom is 0.115 e. The van der Waals surface area contributed by atoms with E-state index in [4.69, 9.17) is 0 Å². The second-order valence-corrected chi connectivity index (χ2v) is 5.71. The van der Waals surface area contributed by atoms with Crippen LogP contribution in [0.25, 0.3) is 0 Å². The number of phenolic OH excluding ortho intramolecular Hbond substituents is 1. The fraction of sp³-hybridized carbons (Fsp3) is 0.294. The molecule has 20 heavy (non-hydrogen) atoms. The van der Waals surface area contributed by atoms with Gasteiger partial charge in [-0.25, -0.2) is 0 Å². The first kappa shape index (κ1) is 11.9. The summed E-state index contributed by atoms with van der Waals surface area (Å²) in [6.07, 6.45) is 12.2. The number of phenols is 1. The second kappa shape index (κ2) is 4.62. The summed E-state index contributed by atoms with van der Waals surface area (Å²) < 4.78 is 0. The highest BCUT2D eigenvalue weighted by Gasteiger charge is 2.39. The van der Waals surface area contributed by atoms with Gasteiger partial charge in [0.15, 0.2) is 0 Å². The van der Waals surface area contributed by atoms with Crippen molar-refractivity contribution in [1.29, 1.82) is 0 Å². The van der Waals surface area contributed by atoms with Crippen LogP contribution < -0.4 is 10.6 Å². The summed E-state index contributed by atoms with van der Waals surface area (Å²) in [6, 6.07) is 8.29. The van der Waals surface area contributed by atoms with E-state index in [2.05, 4.69) is 41.0 Å². The van der Waals surface area contributed by atoms with E-state index in [1.807, 2.05) is 18.2 Å². The van der Waals surface area contributed by atoms with Gasteiger partial charge in [-0.2, -0.15) is 0 Å². The molecule has 1 aliphatic heterocycles. The first-order valence-corrected chi connectivity index (χ1v) is 7.17. The van der Waals surface area contributed by atoms with Crippen molar-refractivity contribution in [3.8, 4) is 5.75 Å². The van der Waals surface area contributed by atoms with Crippen molar-refractivity contribution in [3.63, 3.8) is 0 Å². The topological polar surface area (TPSA) is 44.3 Å². The summed E-state index contributed by atoms with van der Waals surface area (Å²) in [5.41, 5.74) is 2.49. The van der Waals surface area contributed by atoms with Crippen molar-refractivity contribution in [2.75, 3.05) is 0 Å². The summed E-state index contributed by atoms with van der Waals surface area (Å²) in [5, 5.41) is 17.0. The maximum absolute atomic E-state index is 9.66. The van der Waals surface area contributed by atoms with Gasteiger partial charge in [0.2, 0.25) is 0 Å². The molecule has 4 rings (SSSR count). The highest BCUT2D eigenvalue weighted by molar-refractivity contribution is 5.39. The molecule has 4 unspecified atom stereocenters. The zero-order valence-corrected chi connectivity index (χ0v) is 11.2. The molecule has 2 aliphatic carbocycles. The van der Waals surface area contributed by atoms with Gasteiger partial charge in [0.25, 0.3) is 0 Å². The highest BCUT2D eigenvalue weighted by Crippen LogP contribution is 2.36. The first-order valence-electron chi connectivity index (χ1n) is 7.17. The van der Waals surface area contributed by atoms with Crippen molar-refractivity contribution in [2.24, 2.45) is 5.92 Å². The minimum absolute atomic E-state index is 0.0869. The van der Waals surface area contributed by atoms with Crippen LogP contribution in [0.1, 0.15) is 18.2 Å². The number of rotatable bonds is 1. The number of aromatic hydroxyl groups is 1. The summed E-state index contributed by atoms with van der Waals surface area (Å²) in [4.78, 5) is 0. The molecule has 1 saturated heterocycles. The van der Waals surface area contributed by atoms with E-state index < -0.39 is 0 Å². The molecule has 1 fully saturated rings. The van der Waals surface area contributed by atoms with Crippen LogP contribution in [0.2, 0.25) is 0 Å². The van der Waals surface area contributed by atoms with Gasteiger partial charge >= 0.3 is 0 Å². The van der Waals surface area contributed by atoms with Gasteiger partial charge in [0.05, 0.1) is 6.17 Å². The lowest BCUT2D eigenvalue weighted by Crippen LogP contribution is -2.59. The molecule has 1 aromatic rings. The molecule has 3 heteroatoms. The van der Waals surface area contributed by atoms with E-state index in [-0.39, 0.29) is 6.17 Å². The lowest BCUT2D eigenvalue weighted by atomic mass is 9.75. The van der Waals surface area contributed by atoms with Crippen LogP contribution in [0.4, 0.5) is 0 Å². The summed E-state index contributed by atoms with van der Waals surface area (Å²) in [7, 11) is 0. The molecule has 0 saturated carbocycles. The number of nitrogens with one attached hydrogen (secondary N) is 2. The monoisotopic (exact) mass is 266 g/mol. The van der Waals surface area contributed by atoms with E-state index in [1.165, 1.54) is 5.57 Å². The Bertz CT molecular complexity index is 617. The molecular formula is C17H18N2O. The van der Waals surface area contributed by atoms with Crippen LogP contribution in [0.5, 0.6) is 5.75 Å². The van der Waals surface area contributed by atoms with Crippen LogP contribution >= 0.6 is 0 Å². The highest BCUT2D eigenvalue weighted by atomic mass is 16.3. The number of hydrogen-bond acceptors (Lipinski definition) is 3. The normalized spacial score (nSPS) is 34.5. The van der Waals surface area contributed by atoms with Gasteiger partial charge in [-0.1, -0.05) is 42.5 Å². The van der Waals surface area contributed by atoms with Gasteiger partial charge in [0.1, 0.15) is 5.75 Å². The zero-order valence-electron chi connectivity index (χ0n) is 11.2. The summed E-state index contributed by atoms with van der Waals surface area (Å²) >= 11 is 0. The van der Waals surface area contributed by atoms with Gasteiger partial charge < -0.3 is 5.11 Å². The zero-order chi connectivity index (χ0) is 13.5.